The first-order valence-electron chi connectivity index (χ1n) is 45.0. The van der Waals surface area contributed by atoms with Crippen LogP contribution in [0.4, 0.5) is 0 Å². The zero-order valence-electron chi connectivity index (χ0n) is 76.2. The third-order valence-corrected chi connectivity index (χ3v) is 24.9. The minimum absolute atomic E-state index is 0.0224. The molecule has 0 bridgehead atoms. The Morgan fingerprint density at radius 3 is 1.64 bits per heavy atom. The summed E-state index contributed by atoms with van der Waals surface area (Å²) in [5.41, 5.74) is 25.1. The number of phenolic OH excluding ortho intramolecular Hbond substituents is 1. The normalized spacial score (nSPS) is 24.5. The Bertz CT molecular complexity index is 5290. The summed E-state index contributed by atoms with van der Waals surface area (Å²) in [7, 11) is 2.51. The second-order valence-corrected chi connectivity index (χ2v) is 35.0. The number of aliphatic hydroxyl groups excluding tert-OH is 2. The number of amides is 18. The lowest BCUT2D eigenvalue weighted by Gasteiger charge is -2.33. The molecule has 0 spiro atoms. The van der Waals surface area contributed by atoms with Crippen LogP contribution in [-0.2, 0) is 112 Å². The number of carbonyl (C=O) groups is 18. The Morgan fingerprint density at radius 2 is 1.06 bits per heavy atom. The van der Waals surface area contributed by atoms with Crippen LogP contribution in [0.25, 0.3) is 21.8 Å². The Balaban J connectivity index is 1.10. The van der Waals surface area contributed by atoms with Gasteiger partial charge in [-0.25, -0.2) is 4.98 Å². The molecule has 6 heterocycles. The van der Waals surface area contributed by atoms with Crippen LogP contribution in [0.2, 0.25) is 0 Å². The molecule has 3 aromatic heterocycles. The van der Waals surface area contributed by atoms with Gasteiger partial charge in [0.05, 0.1) is 37.8 Å². The van der Waals surface area contributed by atoms with E-state index in [-0.39, 0.29) is 88.7 Å². The summed E-state index contributed by atoms with van der Waals surface area (Å²) in [4.78, 5) is 279. The largest absolute Gasteiger partial charge is 0.508 e. The van der Waals surface area contributed by atoms with Gasteiger partial charge in [0.25, 0.3) is 0 Å². The van der Waals surface area contributed by atoms with Crippen molar-refractivity contribution < 1.29 is 102 Å². The van der Waals surface area contributed by atoms with Gasteiger partial charge in [0, 0.05) is 124 Å². The number of nitrogens with zero attached hydrogens (tertiary/aromatic N) is 5. The fourth-order valence-electron chi connectivity index (χ4n) is 16.3. The minimum atomic E-state index is -1.93. The van der Waals surface area contributed by atoms with Gasteiger partial charge in [-0.05, 0) is 92.8 Å². The van der Waals surface area contributed by atoms with Gasteiger partial charge in [-0.15, -0.1) is 11.8 Å². The number of aliphatic hydroxyl groups is 2. The third kappa shape index (κ3) is 29.9. The number of nitrogens with one attached hydrogen (secondary N) is 16. The van der Waals surface area contributed by atoms with E-state index in [0.717, 1.165) is 31.4 Å². The number of nitrogens with two attached hydrogens (primary N) is 4. The number of hydrogen-bond acceptors (Lipinski definition) is 24. The molecule has 1 unspecified atom stereocenters. The molecule has 9 rings (SSSR count). The van der Waals surface area contributed by atoms with Crippen molar-refractivity contribution in [1.82, 2.24) is 103 Å². The molecule has 0 radical (unpaired) electrons. The van der Waals surface area contributed by atoms with Crippen LogP contribution in [0.5, 0.6) is 5.75 Å². The van der Waals surface area contributed by atoms with Gasteiger partial charge < -0.3 is 137 Å². The van der Waals surface area contributed by atoms with Gasteiger partial charge in [0.2, 0.25) is 106 Å². The highest BCUT2D eigenvalue weighted by Crippen LogP contribution is 2.27. The van der Waals surface area contributed by atoms with E-state index in [1.54, 1.807) is 60.9 Å². The zero-order valence-corrected chi connectivity index (χ0v) is 77.0. The second kappa shape index (κ2) is 50.7. The number of H-pyrrole nitrogens is 3. The molecular weight excluding hydrogens is 1790 g/mol. The maximum atomic E-state index is 15.4. The van der Waals surface area contributed by atoms with Crippen LogP contribution in [0.15, 0.2) is 97.7 Å². The van der Waals surface area contributed by atoms with Crippen molar-refractivity contribution in [2.45, 2.75) is 227 Å². The molecule has 136 heavy (non-hydrogen) atoms. The second-order valence-electron chi connectivity index (χ2n) is 33.9. The highest BCUT2D eigenvalue weighted by Gasteiger charge is 2.46. The van der Waals surface area contributed by atoms with E-state index in [2.05, 4.69) is 83.7 Å². The maximum Gasteiger partial charge on any atom is 0.246 e. The number of imidazole rings is 1. The number of fused-ring (bicyclic) bond motifs is 4. The van der Waals surface area contributed by atoms with Crippen LogP contribution in [-0.4, -0.2) is 316 Å². The molecule has 3 saturated heterocycles. The molecule has 0 saturated carbocycles. The summed E-state index contributed by atoms with van der Waals surface area (Å²) in [6, 6.07) is -3.45. The number of carbonyl (C=O) groups excluding carboxylic acids is 18. The third-order valence-electron chi connectivity index (χ3n) is 23.8. The van der Waals surface area contributed by atoms with Crippen LogP contribution in [0, 0.1) is 5.41 Å². The molecule has 18 amide bonds. The van der Waals surface area contributed by atoms with Crippen molar-refractivity contribution in [1.29, 1.82) is 5.41 Å². The van der Waals surface area contributed by atoms with E-state index in [4.69, 9.17) is 28.3 Å². The minimum Gasteiger partial charge on any atom is -0.508 e. The predicted octanol–water partition coefficient (Wildman–Crippen LogP) is -5.05. The number of hydrogen-bond donors (Lipinski definition) is 23. The fourth-order valence-corrected chi connectivity index (χ4v) is 17.2. The average Bonchev–Trinajstić information content (AvgIpc) is 1.59. The van der Waals surface area contributed by atoms with E-state index in [9.17, 15) is 63.3 Å². The predicted molar refractivity (Wildman–Crippen MR) is 494 cm³/mol. The first kappa shape index (κ1) is 105. The quantitative estimate of drug-likeness (QED) is 0.0130. The monoisotopic (exact) mass is 1910 g/mol. The number of phenols is 1. The maximum absolute atomic E-state index is 15.4. The molecule has 46 nitrogen and oxygen atoms in total. The summed E-state index contributed by atoms with van der Waals surface area (Å²) in [5, 5.41) is 73.1. The number of guanidine groups is 1. The van der Waals surface area contributed by atoms with Gasteiger partial charge in [-0.2, -0.15) is 0 Å². The molecule has 0 aliphatic carbocycles. The first-order chi connectivity index (χ1) is 64.9. The number of benzene rings is 3. The molecule has 3 aliphatic heterocycles. The number of para-hydroxylation sites is 2. The lowest BCUT2D eigenvalue weighted by Crippen LogP contribution is -2.61. The molecule has 736 valence electrons. The molecule has 3 fully saturated rings. The number of aromatic amines is 3. The summed E-state index contributed by atoms with van der Waals surface area (Å²) < 4.78 is 0. The smallest absolute Gasteiger partial charge is 0.246 e. The van der Waals surface area contributed by atoms with Gasteiger partial charge in [0.15, 0.2) is 5.96 Å². The Morgan fingerprint density at radius 1 is 0.529 bits per heavy atom. The van der Waals surface area contributed by atoms with Crippen molar-refractivity contribution >= 4 is 146 Å². The van der Waals surface area contributed by atoms with Crippen molar-refractivity contribution in [3.05, 3.63) is 120 Å². The number of unbranched alkanes of at least 4 members (excludes halogenated alkanes) is 2. The van der Waals surface area contributed by atoms with Crippen molar-refractivity contribution in [3.8, 4) is 5.75 Å². The number of aromatic hydroxyl groups is 1. The Kier molecular flexibility index (Phi) is 39.3. The molecular formula is C89H123N25O21S. The molecule has 3 aliphatic rings. The zero-order chi connectivity index (χ0) is 99.1. The van der Waals surface area contributed by atoms with E-state index >= 15 is 38.4 Å². The first-order valence-corrected chi connectivity index (χ1v) is 46.1. The topological polar surface area (TPSA) is 713 Å². The van der Waals surface area contributed by atoms with Crippen molar-refractivity contribution in [3.63, 3.8) is 0 Å². The Hall–Kier alpha value is -14.2. The molecule has 15 atom stereocenters. The van der Waals surface area contributed by atoms with E-state index < -0.39 is 260 Å². The van der Waals surface area contributed by atoms with Crippen LogP contribution < -0.4 is 86.7 Å². The molecule has 6 aromatic rings. The van der Waals surface area contributed by atoms with Crippen LogP contribution >= 0.6 is 11.8 Å². The number of aromatic nitrogens is 4. The molecule has 3 aromatic carbocycles. The number of thioether (sulfide) groups is 1. The van der Waals surface area contributed by atoms with Gasteiger partial charge in [-0.1, -0.05) is 88.1 Å². The van der Waals surface area contributed by atoms with Crippen LogP contribution in [0.1, 0.15) is 133 Å². The van der Waals surface area contributed by atoms with Crippen LogP contribution in [0.3, 0.4) is 0 Å². The summed E-state index contributed by atoms with van der Waals surface area (Å²) in [6.07, 6.45) is 1.79. The molecule has 47 heteroatoms. The highest BCUT2D eigenvalue weighted by atomic mass is 32.2. The van der Waals surface area contributed by atoms with E-state index in [1.165, 1.54) is 57.8 Å². The Labute approximate surface area is 786 Å². The molecule has 27 N–H and O–H groups in total. The average molecular weight is 1910 g/mol. The van der Waals surface area contributed by atoms with Crippen molar-refractivity contribution in [2.75, 3.05) is 58.4 Å². The van der Waals surface area contributed by atoms with E-state index in [1.807, 2.05) is 13.8 Å². The summed E-state index contributed by atoms with van der Waals surface area (Å²) in [5.74, 6) is -19.7. The van der Waals surface area contributed by atoms with Gasteiger partial charge in [-0.3, -0.25) is 91.7 Å². The van der Waals surface area contributed by atoms with Gasteiger partial charge in [0.1, 0.15) is 90.3 Å². The van der Waals surface area contributed by atoms with Crippen molar-refractivity contribution in [2.24, 2.45) is 22.9 Å². The number of primary amides is 3. The standard InChI is InChI=1S/C89H123N25O21S/c1-6-8-18-59-85(132)112(5)68(22-9-7-2)82(129)102-58(21-14-30-96-89(93)94)77(124)110-67(76(123)99-41-73(92)120)44-136-45-74(121)101-64(32-48-24-26-52(116)27-25-48)86(133)111(4)47(3)75(122)108-65(37-72(91)119)88(135)113-31-15-23-69(113)83(130)107-63(35-51-40-95-46-100-51)80(127)104-60(28-29-71(90)118)87(134)114-42-53(117)36-70(114)84(131)106-62(34-50-39-98-57-20-13-11-17-55(50)57)79(126)109-66(43-115)81(128)105-61(78(125)103-59)33-49-38-97-56-19-12-10-16-54(49)56/h10-13,16-17,19-20,24-27,38-40,46-47,53,58-70,97-98,115-117H,6-9,14-15,18,21-23,28-37,41-45H2,1-5H3,(H2,90,118)(H2,91,119)(H2,92,120)(H,95,100)(H,99,123)(H,101,121)(H,102,129)(H,103,125)(H,104,127)(H,105,128)(H,106,131)(H,107,130)(H,108,122)(H,109,126)(H,110,124)(H4,93,94,96)/t47-,53+,58-,59+,60-,61-,62-,63-,64-,65-,66-,67?,68-,69-,70-/m0/s1. The lowest BCUT2D eigenvalue weighted by molar-refractivity contribution is -0.145. The SMILES string of the molecule is CCCC[C@H]1NC(=O)[C@H](Cc2c[nH]c3ccccc23)NC(=O)[C@H](CO)NC(=O)[C@H](Cc2c[nH]c3ccccc23)NC(=O)[C@@H]2C[C@@H](O)CN2C(=O)[C@H](CCC(N)=O)NC(=O)[C@H](Cc2cnc[nH]2)NC(=O)[C@@H]2CCCN2C(=O)[C@H](CC(N)=O)NC(=O)[C@H](C)N(C)C(=O)[C@H](Cc2ccc(O)cc2)NC(=O)CSCC(C(=O)NCC(N)=O)NC(=O)[C@H](CCCNC(=N)N)NC(=O)[C@H](CCCC)N(C)C1=O. The summed E-state index contributed by atoms with van der Waals surface area (Å²) >= 11 is 0.746. The number of rotatable bonds is 27. The highest BCUT2D eigenvalue weighted by molar-refractivity contribution is 8.00. The summed E-state index contributed by atoms with van der Waals surface area (Å²) in [6.45, 7) is 2.23. The lowest BCUT2D eigenvalue weighted by atomic mass is 10.0. The fraction of sp³-hybridized carbons (Fsp3) is 0.506. The number of likely N-dealkylation sites (N-methyl/N-ethyl adjacent to an activating group) is 2. The van der Waals surface area contributed by atoms with E-state index in [0.29, 0.717) is 64.2 Å². The van der Waals surface area contributed by atoms with Gasteiger partial charge >= 0.3 is 0 Å².